The van der Waals surface area contributed by atoms with Crippen molar-refractivity contribution in [3.8, 4) is 5.82 Å². The van der Waals surface area contributed by atoms with Gasteiger partial charge in [-0.05, 0) is 58.2 Å². The van der Waals surface area contributed by atoms with Gasteiger partial charge in [-0.25, -0.2) is 24.5 Å². The Bertz CT molecular complexity index is 1300. The molecule has 3 aromatic rings. The fourth-order valence-electron chi connectivity index (χ4n) is 4.58. The molecule has 0 bridgehead atoms. The van der Waals surface area contributed by atoms with Crippen LogP contribution in [0.1, 0.15) is 70.3 Å². The summed E-state index contributed by atoms with van der Waals surface area (Å²) in [7, 11) is 0. The van der Waals surface area contributed by atoms with Crippen LogP contribution in [-0.2, 0) is 4.74 Å². The highest BCUT2D eigenvalue weighted by molar-refractivity contribution is 5.93. The number of anilines is 1. The van der Waals surface area contributed by atoms with Crippen molar-refractivity contribution in [1.82, 2.24) is 24.4 Å². The Balaban J connectivity index is 1.76. The average molecular weight is 495 g/mol. The summed E-state index contributed by atoms with van der Waals surface area (Å²) in [6.45, 7) is 15.0. The summed E-state index contributed by atoms with van der Waals surface area (Å²) in [5.41, 5.74) is 1.30. The first kappa shape index (κ1) is 25.4. The highest BCUT2D eigenvalue weighted by Gasteiger charge is 2.36. The molecule has 2 atom stereocenters. The molecule has 3 aromatic heterocycles. The Labute approximate surface area is 210 Å². The first-order valence-electron chi connectivity index (χ1n) is 12.2. The third-order valence-corrected chi connectivity index (χ3v) is 6.34. The third kappa shape index (κ3) is 4.84. The molecule has 1 saturated heterocycles. The number of piperazine rings is 1. The zero-order chi connectivity index (χ0) is 26.4. The number of carboxylic acid groups (broad SMARTS) is 1. The van der Waals surface area contributed by atoms with Crippen molar-refractivity contribution < 1.29 is 19.4 Å². The highest BCUT2D eigenvalue weighted by Crippen LogP contribution is 2.36. The fourth-order valence-corrected chi connectivity index (χ4v) is 4.58. The summed E-state index contributed by atoms with van der Waals surface area (Å²) < 4.78 is 7.45. The number of aromatic nitrogens is 4. The zero-order valence-electron chi connectivity index (χ0n) is 21.9. The van der Waals surface area contributed by atoms with Crippen LogP contribution < -0.4 is 4.90 Å². The van der Waals surface area contributed by atoms with Crippen molar-refractivity contribution in [2.24, 2.45) is 0 Å². The lowest BCUT2D eigenvalue weighted by atomic mass is 10.0. The molecule has 0 radical (unpaired) electrons. The van der Waals surface area contributed by atoms with Gasteiger partial charge in [-0.2, -0.15) is 0 Å². The number of aromatic carboxylic acids is 1. The Morgan fingerprint density at radius 2 is 1.83 bits per heavy atom. The molecule has 0 aliphatic carbocycles. The van der Waals surface area contributed by atoms with Crippen LogP contribution >= 0.6 is 0 Å². The van der Waals surface area contributed by atoms with Crippen molar-refractivity contribution >= 4 is 28.9 Å². The first-order chi connectivity index (χ1) is 16.9. The standard InChI is InChI=1S/C26H34N6O4/c1-15(2)19-13-32(20-10-18(24(33)34)8-9-27-20)23-21(19)22(28-14-29-23)30-11-17(4)31(12-16(30)3)25(35)36-26(5,6)7/h8-10,13-17H,11-12H2,1-7H3,(H,33,34)/t16-,17+/m0/s1. The molecule has 0 aromatic carbocycles. The normalized spacial score (nSPS) is 18.7. The molecule has 192 valence electrons. The van der Waals surface area contributed by atoms with Crippen LogP contribution in [0.25, 0.3) is 16.9 Å². The Morgan fingerprint density at radius 1 is 1.11 bits per heavy atom. The van der Waals surface area contributed by atoms with Gasteiger partial charge in [0, 0.05) is 37.6 Å². The van der Waals surface area contributed by atoms with Crippen molar-refractivity contribution in [3.05, 3.63) is 42.0 Å². The lowest BCUT2D eigenvalue weighted by molar-refractivity contribution is 0.0130. The maximum atomic E-state index is 12.8. The molecule has 0 saturated carbocycles. The molecule has 1 fully saturated rings. The second-order valence-corrected chi connectivity index (χ2v) is 10.7. The van der Waals surface area contributed by atoms with Gasteiger partial charge < -0.3 is 19.6 Å². The largest absolute Gasteiger partial charge is 0.478 e. The summed E-state index contributed by atoms with van der Waals surface area (Å²) in [6, 6.07) is 2.91. The highest BCUT2D eigenvalue weighted by atomic mass is 16.6. The minimum atomic E-state index is -1.01. The van der Waals surface area contributed by atoms with E-state index in [0.29, 0.717) is 24.6 Å². The topological polar surface area (TPSA) is 114 Å². The molecule has 4 rings (SSSR count). The van der Waals surface area contributed by atoms with Gasteiger partial charge in [0.05, 0.1) is 10.9 Å². The number of amides is 1. The molecule has 36 heavy (non-hydrogen) atoms. The minimum Gasteiger partial charge on any atom is -0.478 e. The van der Waals surface area contributed by atoms with Gasteiger partial charge in [0.25, 0.3) is 0 Å². The molecule has 10 nitrogen and oxygen atoms in total. The van der Waals surface area contributed by atoms with Crippen molar-refractivity contribution in [2.45, 2.75) is 72.1 Å². The van der Waals surface area contributed by atoms with Crippen LogP contribution in [0.4, 0.5) is 10.6 Å². The van der Waals surface area contributed by atoms with Crippen molar-refractivity contribution in [3.63, 3.8) is 0 Å². The molecule has 4 heterocycles. The fraction of sp³-hybridized carbons (Fsp3) is 0.500. The number of hydrogen-bond acceptors (Lipinski definition) is 7. The van der Waals surface area contributed by atoms with E-state index < -0.39 is 11.6 Å². The van der Waals surface area contributed by atoms with Crippen LogP contribution in [0.15, 0.2) is 30.9 Å². The van der Waals surface area contributed by atoms with E-state index >= 15 is 0 Å². The SMILES string of the molecule is CC(C)c1cn(-c2cc(C(=O)O)ccn2)c2ncnc(N3C[C@@H](C)N(C(=O)OC(C)(C)C)C[C@@H]3C)c12. The number of pyridine rings is 1. The number of carboxylic acids is 1. The van der Waals surface area contributed by atoms with E-state index in [1.54, 1.807) is 4.90 Å². The average Bonchev–Trinajstić information content (AvgIpc) is 3.19. The van der Waals surface area contributed by atoms with Crippen molar-refractivity contribution in [2.75, 3.05) is 18.0 Å². The number of rotatable bonds is 4. The quantitative estimate of drug-likeness (QED) is 0.565. The summed E-state index contributed by atoms with van der Waals surface area (Å²) in [5, 5.41) is 10.4. The Morgan fingerprint density at radius 3 is 2.47 bits per heavy atom. The lowest BCUT2D eigenvalue weighted by Gasteiger charge is -2.44. The minimum absolute atomic E-state index is 0.0105. The Kier molecular flexibility index (Phi) is 6.64. The van der Waals surface area contributed by atoms with E-state index in [-0.39, 0.29) is 29.7 Å². The van der Waals surface area contributed by atoms with Crippen LogP contribution in [-0.4, -0.2) is 72.4 Å². The summed E-state index contributed by atoms with van der Waals surface area (Å²) in [5.74, 6) is 0.421. The van der Waals surface area contributed by atoms with Gasteiger partial charge >= 0.3 is 12.1 Å². The molecule has 1 aliphatic heterocycles. The predicted octanol–water partition coefficient (Wildman–Crippen LogP) is 4.47. The van der Waals surface area contributed by atoms with Gasteiger partial charge in [0.1, 0.15) is 23.6 Å². The number of fused-ring (bicyclic) bond motifs is 1. The monoisotopic (exact) mass is 494 g/mol. The summed E-state index contributed by atoms with van der Waals surface area (Å²) in [4.78, 5) is 42.0. The third-order valence-electron chi connectivity index (χ3n) is 6.34. The van der Waals surface area contributed by atoms with Gasteiger partial charge in [-0.1, -0.05) is 13.8 Å². The van der Waals surface area contributed by atoms with E-state index in [1.165, 1.54) is 24.7 Å². The van der Waals surface area contributed by atoms with Gasteiger partial charge in [0.2, 0.25) is 0 Å². The lowest BCUT2D eigenvalue weighted by Crippen LogP contribution is -2.59. The zero-order valence-corrected chi connectivity index (χ0v) is 21.9. The maximum Gasteiger partial charge on any atom is 0.410 e. The first-order valence-corrected chi connectivity index (χ1v) is 12.2. The van der Waals surface area contributed by atoms with Crippen LogP contribution in [0, 0.1) is 0 Å². The molecule has 1 amide bonds. The van der Waals surface area contributed by atoms with Crippen LogP contribution in [0.5, 0.6) is 0 Å². The van der Waals surface area contributed by atoms with E-state index in [1.807, 2.05) is 38.5 Å². The van der Waals surface area contributed by atoms with E-state index in [2.05, 4.69) is 35.6 Å². The van der Waals surface area contributed by atoms with Crippen molar-refractivity contribution in [1.29, 1.82) is 0 Å². The second kappa shape index (κ2) is 9.40. The van der Waals surface area contributed by atoms with E-state index in [0.717, 1.165) is 16.8 Å². The molecule has 0 spiro atoms. The number of carbonyl (C=O) groups excluding carboxylic acids is 1. The number of ether oxygens (including phenoxy) is 1. The molecule has 1 N–H and O–H groups in total. The Hall–Kier alpha value is -3.69. The van der Waals surface area contributed by atoms with E-state index in [4.69, 9.17) is 9.72 Å². The molecule has 0 unspecified atom stereocenters. The maximum absolute atomic E-state index is 12.8. The smallest absolute Gasteiger partial charge is 0.410 e. The van der Waals surface area contributed by atoms with Gasteiger partial charge in [0.15, 0.2) is 5.65 Å². The number of carbonyl (C=O) groups is 2. The molecular weight excluding hydrogens is 460 g/mol. The summed E-state index contributed by atoms with van der Waals surface area (Å²) in [6.07, 6.45) is 4.66. The van der Waals surface area contributed by atoms with Crippen LogP contribution in [0.2, 0.25) is 0 Å². The predicted molar refractivity (Wildman–Crippen MR) is 137 cm³/mol. The van der Waals surface area contributed by atoms with Crippen LogP contribution in [0.3, 0.4) is 0 Å². The van der Waals surface area contributed by atoms with Gasteiger partial charge in [-0.3, -0.25) is 4.57 Å². The molecule has 1 aliphatic rings. The second-order valence-electron chi connectivity index (χ2n) is 10.7. The molecular formula is C26H34N6O4. The number of nitrogens with zero attached hydrogens (tertiary/aromatic N) is 6. The molecule has 10 heteroatoms. The summed E-state index contributed by atoms with van der Waals surface area (Å²) >= 11 is 0. The van der Waals surface area contributed by atoms with Gasteiger partial charge in [-0.15, -0.1) is 0 Å². The van der Waals surface area contributed by atoms with E-state index in [9.17, 15) is 14.7 Å². The number of hydrogen-bond donors (Lipinski definition) is 1.